The van der Waals surface area contributed by atoms with Gasteiger partial charge in [-0.15, -0.1) is 0 Å². The van der Waals surface area contributed by atoms with Crippen LogP contribution in [0.5, 0.6) is 0 Å². The summed E-state index contributed by atoms with van der Waals surface area (Å²) in [5.74, 6) is 0.0364. The van der Waals surface area contributed by atoms with E-state index in [-0.39, 0.29) is 17.2 Å². The molecule has 3 rings (SSSR count). The first-order chi connectivity index (χ1) is 10.3. The van der Waals surface area contributed by atoms with Gasteiger partial charge < -0.3 is 9.80 Å². The molecule has 0 N–H and O–H groups in total. The molecule has 2 saturated heterocycles. The van der Waals surface area contributed by atoms with Crippen LogP contribution in [-0.4, -0.2) is 81.0 Å². The van der Waals surface area contributed by atoms with Crippen LogP contribution in [0.15, 0.2) is 0 Å². The molecule has 0 radical (unpaired) electrons. The summed E-state index contributed by atoms with van der Waals surface area (Å²) in [5, 5.41) is 0. The molecule has 0 aromatic carbocycles. The van der Waals surface area contributed by atoms with Gasteiger partial charge >= 0.3 is 0 Å². The molecule has 22 heavy (non-hydrogen) atoms. The maximum absolute atomic E-state index is 13.0. The van der Waals surface area contributed by atoms with Gasteiger partial charge in [-0.25, -0.2) is 12.7 Å². The van der Waals surface area contributed by atoms with E-state index in [1.54, 1.807) is 0 Å². The maximum Gasteiger partial charge on any atom is 0.227 e. The second kappa shape index (κ2) is 5.76. The van der Waals surface area contributed by atoms with Gasteiger partial charge in [0.1, 0.15) is 0 Å². The van der Waals surface area contributed by atoms with Crippen molar-refractivity contribution in [2.45, 2.75) is 25.7 Å². The second-order valence-electron chi connectivity index (χ2n) is 7.31. The minimum Gasteiger partial charge on any atom is -0.340 e. The van der Waals surface area contributed by atoms with Gasteiger partial charge in [0, 0.05) is 39.3 Å². The monoisotopic (exact) mass is 329 g/mol. The number of carbonyl (C=O) groups is 1. The van der Waals surface area contributed by atoms with Crippen molar-refractivity contribution in [2.24, 2.45) is 11.3 Å². The van der Waals surface area contributed by atoms with Crippen molar-refractivity contribution in [3.8, 4) is 0 Å². The van der Waals surface area contributed by atoms with Gasteiger partial charge in [-0.3, -0.25) is 4.79 Å². The number of amides is 1. The first kappa shape index (κ1) is 16.2. The predicted molar refractivity (Wildman–Crippen MR) is 84.9 cm³/mol. The smallest absolute Gasteiger partial charge is 0.227 e. The molecule has 0 aromatic heterocycles. The third kappa shape index (κ3) is 2.90. The van der Waals surface area contributed by atoms with Gasteiger partial charge in [0.2, 0.25) is 15.9 Å². The average Bonchev–Trinajstić information content (AvgIpc) is 3.07. The predicted octanol–water partition coefficient (Wildman–Crippen LogP) is 0.212. The van der Waals surface area contributed by atoms with E-state index in [1.165, 1.54) is 10.6 Å². The Morgan fingerprint density at radius 2 is 1.68 bits per heavy atom. The summed E-state index contributed by atoms with van der Waals surface area (Å²) in [6.07, 6.45) is 5.47. The maximum atomic E-state index is 13.0. The van der Waals surface area contributed by atoms with Crippen molar-refractivity contribution in [1.82, 2.24) is 14.1 Å². The van der Waals surface area contributed by atoms with Crippen molar-refractivity contribution >= 4 is 15.9 Å². The molecule has 1 aliphatic carbocycles. The molecule has 0 bridgehead atoms. The highest BCUT2D eigenvalue weighted by Crippen LogP contribution is 2.50. The van der Waals surface area contributed by atoms with Crippen LogP contribution < -0.4 is 0 Å². The molecular formula is C15H27N3O3S. The Morgan fingerprint density at radius 1 is 1.09 bits per heavy atom. The summed E-state index contributed by atoms with van der Waals surface area (Å²) >= 11 is 0. The summed E-state index contributed by atoms with van der Waals surface area (Å²) < 4.78 is 25.4. The number of nitrogens with zero attached hydrogens (tertiary/aromatic N) is 3. The largest absolute Gasteiger partial charge is 0.340 e. The summed E-state index contributed by atoms with van der Waals surface area (Å²) in [6, 6.07) is 0. The Morgan fingerprint density at radius 3 is 2.23 bits per heavy atom. The number of hydrogen-bond donors (Lipinski definition) is 0. The lowest BCUT2D eigenvalue weighted by atomic mass is 9.76. The first-order valence-electron chi connectivity index (χ1n) is 8.24. The average molecular weight is 329 g/mol. The number of hydrogen-bond acceptors (Lipinski definition) is 4. The van der Waals surface area contributed by atoms with E-state index in [0.29, 0.717) is 13.1 Å². The molecule has 2 heterocycles. The number of likely N-dealkylation sites (N-methyl/N-ethyl adjacent to an activating group) is 1. The van der Waals surface area contributed by atoms with Crippen molar-refractivity contribution in [3.63, 3.8) is 0 Å². The SMILES string of the molecule is CN1CCN(C(=O)C2CN(S(C)(=O)=O)CC23CCCC3)CC1. The van der Waals surface area contributed by atoms with E-state index < -0.39 is 10.0 Å². The molecule has 126 valence electrons. The van der Waals surface area contributed by atoms with Crippen molar-refractivity contribution < 1.29 is 13.2 Å². The fraction of sp³-hybridized carbons (Fsp3) is 0.933. The van der Waals surface area contributed by atoms with Crippen LogP contribution in [0.4, 0.5) is 0 Å². The normalized spacial score (nSPS) is 30.3. The zero-order chi connectivity index (χ0) is 16.0. The Kier molecular flexibility index (Phi) is 4.24. The molecule has 1 spiro atoms. The third-order valence-corrected chi connectivity index (χ3v) is 7.01. The van der Waals surface area contributed by atoms with E-state index >= 15 is 0 Å². The lowest BCUT2D eigenvalue weighted by Crippen LogP contribution is -2.51. The zero-order valence-electron chi connectivity index (χ0n) is 13.6. The van der Waals surface area contributed by atoms with E-state index in [2.05, 4.69) is 11.9 Å². The topological polar surface area (TPSA) is 60.9 Å². The van der Waals surface area contributed by atoms with Crippen molar-refractivity contribution in [3.05, 3.63) is 0 Å². The van der Waals surface area contributed by atoms with E-state index in [0.717, 1.165) is 51.9 Å². The van der Waals surface area contributed by atoms with Gasteiger partial charge in [0.25, 0.3) is 0 Å². The van der Waals surface area contributed by atoms with Crippen LogP contribution in [-0.2, 0) is 14.8 Å². The first-order valence-corrected chi connectivity index (χ1v) is 10.1. The fourth-order valence-corrected chi connectivity index (χ4v) is 5.26. The molecule has 7 heteroatoms. The molecule has 2 aliphatic heterocycles. The summed E-state index contributed by atoms with van der Waals surface area (Å²) in [7, 11) is -1.15. The quantitative estimate of drug-likeness (QED) is 0.727. The van der Waals surface area contributed by atoms with Crippen LogP contribution in [0.3, 0.4) is 0 Å². The Bertz CT molecular complexity index is 534. The van der Waals surface area contributed by atoms with Gasteiger partial charge in [-0.2, -0.15) is 0 Å². The molecule has 1 amide bonds. The van der Waals surface area contributed by atoms with E-state index in [9.17, 15) is 13.2 Å². The van der Waals surface area contributed by atoms with Crippen molar-refractivity contribution in [1.29, 1.82) is 0 Å². The van der Waals surface area contributed by atoms with Crippen LogP contribution in [0.1, 0.15) is 25.7 Å². The second-order valence-corrected chi connectivity index (χ2v) is 9.29. The molecule has 1 unspecified atom stereocenters. The summed E-state index contributed by atoms with van der Waals surface area (Å²) in [5.41, 5.74) is -0.108. The molecule has 6 nitrogen and oxygen atoms in total. The van der Waals surface area contributed by atoms with Gasteiger partial charge in [-0.1, -0.05) is 12.8 Å². The number of rotatable bonds is 2. The van der Waals surface area contributed by atoms with E-state index in [1.807, 2.05) is 4.90 Å². The van der Waals surface area contributed by atoms with Crippen molar-refractivity contribution in [2.75, 3.05) is 52.6 Å². The van der Waals surface area contributed by atoms with Crippen LogP contribution >= 0.6 is 0 Å². The Hall–Kier alpha value is -0.660. The molecule has 3 fully saturated rings. The molecule has 1 atom stereocenters. The molecule has 3 aliphatic rings. The van der Waals surface area contributed by atoms with Gasteiger partial charge in [0.15, 0.2) is 0 Å². The third-order valence-electron chi connectivity index (χ3n) is 5.80. The van der Waals surface area contributed by atoms with Gasteiger partial charge in [-0.05, 0) is 25.3 Å². The molecule has 1 saturated carbocycles. The van der Waals surface area contributed by atoms with Crippen LogP contribution in [0.25, 0.3) is 0 Å². The minimum atomic E-state index is -3.22. The highest BCUT2D eigenvalue weighted by molar-refractivity contribution is 7.88. The molecule has 0 aromatic rings. The summed E-state index contributed by atoms with van der Waals surface area (Å²) in [6.45, 7) is 4.25. The Balaban J connectivity index is 1.79. The zero-order valence-corrected chi connectivity index (χ0v) is 14.4. The summed E-state index contributed by atoms with van der Waals surface area (Å²) in [4.78, 5) is 17.2. The highest BCUT2D eigenvalue weighted by Gasteiger charge is 2.54. The number of piperazine rings is 1. The van der Waals surface area contributed by atoms with Crippen LogP contribution in [0.2, 0.25) is 0 Å². The van der Waals surface area contributed by atoms with Gasteiger partial charge in [0.05, 0.1) is 12.2 Å². The van der Waals surface area contributed by atoms with E-state index in [4.69, 9.17) is 0 Å². The van der Waals surface area contributed by atoms with Crippen LogP contribution in [0, 0.1) is 11.3 Å². The standard InChI is InChI=1S/C15H27N3O3S/c1-16-7-9-17(10-8-16)14(19)13-11-18(22(2,20)21)12-15(13)5-3-4-6-15/h13H,3-12H2,1-2H3. The lowest BCUT2D eigenvalue weighted by Gasteiger charge is -2.37. The lowest BCUT2D eigenvalue weighted by molar-refractivity contribution is -0.139. The Labute approximate surface area is 133 Å². The number of carbonyl (C=O) groups excluding carboxylic acids is 1. The molecular weight excluding hydrogens is 302 g/mol. The fourth-order valence-electron chi connectivity index (χ4n) is 4.35. The highest BCUT2D eigenvalue weighted by atomic mass is 32.2. The minimum absolute atomic E-state index is 0.108. The number of sulfonamides is 1.